The molecule has 1 aliphatic carbocycles. The first-order chi connectivity index (χ1) is 9.77. The van der Waals surface area contributed by atoms with Crippen molar-refractivity contribution in [2.24, 2.45) is 0 Å². The molecule has 2 aliphatic rings. The maximum absolute atomic E-state index is 10.3. The van der Waals surface area contributed by atoms with Crippen LogP contribution in [0.25, 0.3) is 0 Å². The van der Waals surface area contributed by atoms with Crippen molar-refractivity contribution in [1.82, 2.24) is 5.32 Å². The number of fused-ring (bicyclic) bond motifs is 1. The molecule has 20 heavy (non-hydrogen) atoms. The zero-order valence-corrected chi connectivity index (χ0v) is 11.9. The second-order valence-corrected chi connectivity index (χ2v) is 5.24. The highest BCUT2D eigenvalue weighted by Gasteiger charge is 2.13. The van der Waals surface area contributed by atoms with Gasteiger partial charge in [-0.05, 0) is 42.9 Å². The maximum Gasteiger partial charge on any atom is 0.404 e. The number of carbonyl (C=O) groups is 1. The third kappa shape index (κ3) is 5.11. The van der Waals surface area contributed by atoms with E-state index in [1.54, 1.807) is 0 Å². The average molecular weight is 277 g/mol. The average Bonchev–Trinajstić information content (AvgIpc) is 3.32. The van der Waals surface area contributed by atoms with E-state index in [1.807, 2.05) is 12.1 Å². The summed E-state index contributed by atoms with van der Waals surface area (Å²) in [5, 5.41) is 10.9. The predicted octanol–water partition coefficient (Wildman–Crippen LogP) is 3.38. The molecule has 0 saturated heterocycles. The molecule has 1 amide bonds. The Bertz CT molecular complexity index is 441. The summed E-state index contributed by atoms with van der Waals surface area (Å²) in [5.41, 5.74) is 2.59. The molecule has 0 spiro atoms. The van der Waals surface area contributed by atoms with Gasteiger partial charge >= 0.3 is 6.09 Å². The molecule has 110 valence electrons. The van der Waals surface area contributed by atoms with Gasteiger partial charge in [-0.3, -0.25) is 0 Å². The Balaban J connectivity index is 0.000000432. The first-order valence-corrected chi connectivity index (χ1v) is 7.48. The summed E-state index contributed by atoms with van der Waals surface area (Å²) in [6, 6.07) is 6.12. The number of rotatable bonds is 4. The van der Waals surface area contributed by atoms with Crippen molar-refractivity contribution in [1.29, 1.82) is 0 Å². The second-order valence-electron chi connectivity index (χ2n) is 5.24. The quantitative estimate of drug-likeness (QED) is 0.829. The van der Waals surface area contributed by atoms with Crippen LogP contribution >= 0.6 is 0 Å². The molecule has 1 aliphatic heterocycles. The fraction of sp³-hybridized carbons (Fsp3) is 0.562. The Morgan fingerprint density at radius 1 is 1.25 bits per heavy atom. The van der Waals surface area contributed by atoms with Gasteiger partial charge in [0.2, 0.25) is 0 Å². The summed E-state index contributed by atoms with van der Waals surface area (Å²) in [7, 11) is 0. The van der Waals surface area contributed by atoms with Crippen LogP contribution in [0.3, 0.4) is 0 Å². The van der Waals surface area contributed by atoms with E-state index in [2.05, 4.69) is 11.4 Å². The van der Waals surface area contributed by atoms with Crippen LogP contribution in [0.2, 0.25) is 0 Å². The predicted molar refractivity (Wildman–Crippen MR) is 78.5 cm³/mol. The molecule has 1 aromatic rings. The van der Waals surface area contributed by atoms with Gasteiger partial charge in [-0.15, -0.1) is 0 Å². The Hall–Kier alpha value is -1.71. The molecule has 4 heteroatoms. The van der Waals surface area contributed by atoms with E-state index in [-0.39, 0.29) is 0 Å². The van der Waals surface area contributed by atoms with E-state index in [1.165, 1.54) is 30.4 Å². The first kappa shape index (κ1) is 14.7. The number of carboxylic acid groups (broad SMARTS) is 1. The van der Waals surface area contributed by atoms with E-state index in [0.29, 0.717) is 6.54 Å². The molecule has 0 aromatic heterocycles. The molecule has 0 bridgehead atoms. The normalized spacial score (nSPS) is 15.2. The van der Waals surface area contributed by atoms with Crippen LogP contribution in [0.5, 0.6) is 5.75 Å². The van der Waals surface area contributed by atoms with Crippen LogP contribution in [0.1, 0.15) is 43.2 Å². The molecule has 1 aromatic carbocycles. The zero-order valence-electron chi connectivity index (χ0n) is 11.9. The van der Waals surface area contributed by atoms with Crippen LogP contribution in [0.4, 0.5) is 4.79 Å². The zero-order chi connectivity index (χ0) is 14.2. The number of hydrogen-bond donors (Lipinski definition) is 2. The molecular formula is C16H23NO3. The van der Waals surface area contributed by atoms with E-state index in [0.717, 1.165) is 38.0 Å². The van der Waals surface area contributed by atoms with Gasteiger partial charge in [0, 0.05) is 6.54 Å². The van der Waals surface area contributed by atoms with Gasteiger partial charge < -0.3 is 15.2 Å². The van der Waals surface area contributed by atoms with E-state index >= 15 is 0 Å². The Kier molecular flexibility index (Phi) is 5.71. The summed E-state index contributed by atoms with van der Waals surface area (Å²) in [6.45, 7) is 1.30. The minimum absolute atomic E-state index is 0.500. The minimum Gasteiger partial charge on any atom is -0.493 e. The maximum atomic E-state index is 10.3. The van der Waals surface area contributed by atoms with Crippen molar-refractivity contribution in [3.63, 3.8) is 0 Å². The van der Waals surface area contributed by atoms with Crippen LogP contribution in [-0.2, 0) is 12.8 Å². The Morgan fingerprint density at radius 3 is 2.75 bits per heavy atom. The lowest BCUT2D eigenvalue weighted by molar-refractivity contribution is 0.194. The van der Waals surface area contributed by atoms with Crippen molar-refractivity contribution in [2.75, 3.05) is 13.2 Å². The number of hydrogen-bond acceptors (Lipinski definition) is 2. The first-order valence-electron chi connectivity index (χ1n) is 7.48. The molecule has 1 fully saturated rings. The number of aryl methyl sites for hydroxylation is 1. The van der Waals surface area contributed by atoms with Gasteiger partial charge in [-0.1, -0.05) is 31.4 Å². The highest BCUT2D eigenvalue weighted by molar-refractivity contribution is 5.64. The van der Waals surface area contributed by atoms with Crippen molar-refractivity contribution < 1.29 is 14.6 Å². The van der Waals surface area contributed by atoms with Gasteiger partial charge in [0.25, 0.3) is 0 Å². The fourth-order valence-electron chi connectivity index (χ4n) is 2.17. The summed E-state index contributed by atoms with van der Waals surface area (Å²) >= 11 is 0. The molecular weight excluding hydrogens is 254 g/mol. The van der Waals surface area contributed by atoms with Crippen molar-refractivity contribution >= 4 is 6.09 Å². The number of amides is 1. The molecule has 1 saturated carbocycles. The summed E-state index contributed by atoms with van der Waals surface area (Å²) < 4.78 is 5.60. The van der Waals surface area contributed by atoms with Crippen molar-refractivity contribution in [2.45, 2.75) is 44.9 Å². The molecule has 0 unspecified atom stereocenters. The van der Waals surface area contributed by atoms with Crippen molar-refractivity contribution in [3.8, 4) is 5.75 Å². The van der Waals surface area contributed by atoms with E-state index in [9.17, 15) is 4.79 Å². The third-order valence-corrected chi connectivity index (χ3v) is 3.31. The summed E-state index contributed by atoms with van der Waals surface area (Å²) in [6.07, 6.45) is 7.40. The number of ether oxygens (including phenoxy) is 1. The van der Waals surface area contributed by atoms with Gasteiger partial charge in [-0.25, -0.2) is 4.79 Å². The van der Waals surface area contributed by atoms with Crippen LogP contribution < -0.4 is 10.1 Å². The molecule has 3 rings (SSSR count). The lowest BCUT2D eigenvalue weighted by atomic mass is 9.97. The third-order valence-electron chi connectivity index (χ3n) is 3.31. The lowest BCUT2D eigenvalue weighted by Crippen LogP contribution is -2.22. The molecule has 0 radical (unpaired) electrons. The monoisotopic (exact) mass is 277 g/mol. The number of benzene rings is 1. The molecule has 2 N–H and O–H groups in total. The van der Waals surface area contributed by atoms with Crippen LogP contribution in [0, 0.1) is 0 Å². The second kappa shape index (κ2) is 7.78. The fourth-order valence-corrected chi connectivity index (χ4v) is 2.17. The Morgan fingerprint density at radius 2 is 2.05 bits per heavy atom. The molecule has 0 atom stereocenters. The van der Waals surface area contributed by atoms with Gasteiger partial charge in [0.15, 0.2) is 0 Å². The largest absolute Gasteiger partial charge is 0.493 e. The van der Waals surface area contributed by atoms with Crippen molar-refractivity contribution in [3.05, 3.63) is 29.3 Å². The van der Waals surface area contributed by atoms with Crippen LogP contribution in [0.15, 0.2) is 18.2 Å². The lowest BCUT2D eigenvalue weighted by Gasteiger charge is -2.20. The number of nitrogens with one attached hydrogen (secondary N) is 1. The Labute approximate surface area is 120 Å². The SMILES string of the molecule is C1CC1.O=C(O)NCCCc1cccc2c1CCCO2. The van der Waals surface area contributed by atoms with Crippen LogP contribution in [-0.4, -0.2) is 24.4 Å². The standard InChI is InChI=1S/C13H17NO3.C3H6/c15-13(16)14-8-2-5-10-4-1-7-12-11(10)6-3-9-17-12;1-2-3-1/h1,4,7,14H,2-3,5-6,8-9H2,(H,15,16);1-3H2. The summed E-state index contributed by atoms with van der Waals surface area (Å²) in [5.74, 6) is 1.000. The topological polar surface area (TPSA) is 58.6 Å². The minimum atomic E-state index is -0.955. The summed E-state index contributed by atoms with van der Waals surface area (Å²) in [4.78, 5) is 10.3. The highest BCUT2D eigenvalue weighted by Crippen LogP contribution is 2.28. The van der Waals surface area contributed by atoms with Gasteiger partial charge in [-0.2, -0.15) is 0 Å². The van der Waals surface area contributed by atoms with Gasteiger partial charge in [0.05, 0.1) is 6.61 Å². The van der Waals surface area contributed by atoms with E-state index < -0.39 is 6.09 Å². The van der Waals surface area contributed by atoms with E-state index in [4.69, 9.17) is 9.84 Å². The van der Waals surface area contributed by atoms with Gasteiger partial charge in [0.1, 0.15) is 5.75 Å². The molecule has 4 nitrogen and oxygen atoms in total. The smallest absolute Gasteiger partial charge is 0.404 e. The molecule has 1 heterocycles. The highest BCUT2D eigenvalue weighted by atomic mass is 16.5.